The highest BCUT2D eigenvalue weighted by molar-refractivity contribution is 5.80. The molecule has 0 N–H and O–H groups in total. The standard InChI is InChI=1S/C10H16N2O3/c1-6-8(13)14-15-12-9(2,3)7-11-10(12,4)5/h6-7H,1H2,2-5H3. The minimum absolute atomic E-state index is 0.412. The molecule has 5 nitrogen and oxygen atoms in total. The van der Waals surface area contributed by atoms with E-state index < -0.39 is 17.2 Å². The minimum atomic E-state index is -0.631. The van der Waals surface area contributed by atoms with Crippen molar-refractivity contribution in [3.8, 4) is 0 Å². The molecule has 0 aliphatic carbocycles. The highest BCUT2D eigenvalue weighted by Crippen LogP contribution is 2.31. The van der Waals surface area contributed by atoms with Gasteiger partial charge in [0.15, 0.2) is 0 Å². The molecule has 1 rings (SSSR count). The lowest BCUT2D eigenvalue weighted by molar-refractivity contribution is -0.429. The van der Waals surface area contributed by atoms with Crippen LogP contribution in [0.5, 0.6) is 0 Å². The third kappa shape index (κ3) is 2.43. The van der Waals surface area contributed by atoms with Gasteiger partial charge in [0.1, 0.15) is 5.66 Å². The largest absolute Gasteiger partial charge is 0.367 e. The summed E-state index contributed by atoms with van der Waals surface area (Å²) in [6.45, 7) is 10.8. The number of carbonyl (C=O) groups excluding carboxylic acids is 1. The van der Waals surface area contributed by atoms with E-state index in [9.17, 15) is 4.79 Å². The van der Waals surface area contributed by atoms with E-state index in [1.54, 1.807) is 6.21 Å². The molecule has 0 aromatic rings. The van der Waals surface area contributed by atoms with Crippen molar-refractivity contribution < 1.29 is 14.7 Å². The van der Waals surface area contributed by atoms with Gasteiger partial charge < -0.3 is 0 Å². The molecule has 0 saturated heterocycles. The van der Waals surface area contributed by atoms with Gasteiger partial charge in [-0.3, -0.25) is 9.88 Å². The quantitative estimate of drug-likeness (QED) is 0.404. The van der Waals surface area contributed by atoms with Gasteiger partial charge in [0, 0.05) is 12.3 Å². The normalized spacial score (nSPS) is 22.7. The highest BCUT2D eigenvalue weighted by Gasteiger charge is 2.44. The molecule has 0 fully saturated rings. The summed E-state index contributed by atoms with van der Waals surface area (Å²) in [5, 5.41) is 1.52. The average Bonchev–Trinajstić information content (AvgIpc) is 2.34. The van der Waals surface area contributed by atoms with Gasteiger partial charge >= 0.3 is 5.97 Å². The van der Waals surface area contributed by atoms with E-state index in [0.29, 0.717) is 0 Å². The summed E-state index contributed by atoms with van der Waals surface area (Å²) >= 11 is 0. The number of aliphatic imine (C=N–C) groups is 1. The first-order valence-corrected chi connectivity index (χ1v) is 4.67. The molecule has 0 spiro atoms. The molecule has 15 heavy (non-hydrogen) atoms. The predicted octanol–water partition coefficient (Wildman–Crippen LogP) is 1.46. The monoisotopic (exact) mass is 212 g/mol. The Bertz CT molecular complexity index is 290. The van der Waals surface area contributed by atoms with Crippen LogP contribution in [-0.4, -0.2) is 28.4 Å². The third-order valence-electron chi connectivity index (χ3n) is 2.08. The average molecular weight is 212 g/mol. The van der Waals surface area contributed by atoms with Crippen LogP contribution in [0.1, 0.15) is 27.7 Å². The van der Waals surface area contributed by atoms with E-state index in [0.717, 1.165) is 6.08 Å². The number of hydrogen-bond acceptors (Lipinski definition) is 5. The van der Waals surface area contributed by atoms with Gasteiger partial charge in [-0.05, 0) is 27.7 Å². The third-order valence-corrected chi connectivity index (χ3v) is 2.08. The maximum atomic E-state index is 10.9. The van der Waals surface area contributed by atoms with Gasteiger partial charge in [-0.25, -0.2) is 4.79 Å². The van der Waals surface area contributed by atoms with Gasteiger partial charge in [-0.2, -0.15) is 0 Å². The van der Waals surface area contributed by atoms with E-state index in [1.807, 2.05) is 27.7 Å². The van der Waals surface area contributed by atoms with Crippen LogP contribution in [0, 0.1) is 0 Å². The van der Waals surface area contributed by atoms with Crippen molar-refractivity contribution in [2.45, 2.75) is 38.9 Å². The molecular formula is C10H16N2O3. The topological polar surface area (TPSA) is 51.1 Å². The molecule has 84 valence electrons. The van der Waals surface area contributed by atoms with Gasteiger partial charge in [0.2, 0.25) is 0 Å². The summed E-state index contributed by atoms with van der Waals surface area (Å²) in [5.41, 5.74) is -0.962. The van der Waals surface area contributed by atoms with Crippen molar-refractivity contribution in [3.05, 3.63) is 12.7 Å². The summed E-state index contributed by atoms with van der Waals surface area (Å²) in [5.74, 6) is -0.631. The maximum absolute atomic E-state index is 10.9. The van der Waals surface area contributed by atoms with E-state index in [2.05, 4.69) is 16.5 Å². The first kappa shape index (κ1) is 11.9. The summed E-state index contributed by atoms with van der Waals surface area (Å²) in [7, 11) is 0. The molecule has 0 amide bonds. The number of nitrogens with zero attached hydrogens (tertiary/aromatic N) is 2. The second-order valence-corrected chi connectivity index (χ2v) is 4.38. The van der Waals surface area contributed by atoms with E-state index >= 15 is 0 Å². The van der Waals surface area contributed by atoms with Crippen LogP contribution in [0.3, 0.4) is 0 Å². The summed E-state index contributed by atoms with van der Waals surface area (Å²) in [6.07, 6.45) is 2.80. The lowest BCUT2D eigenvalue weighted by Gasteiger charge is -2.34. The summed E-state index contributed by atoms with van der Waals surface area (Å²) in [4.78, 5) is 24.6. The maximum Gasteiger partial charge on any atom is 0.367 e. The van der Waals surface area contributed by atoms with E-state index in [-0.39, 0.29) is 0 Å². The van der Waals surface area contributed by atoms with Crippen molar-refractivity contribution in [2.24, 2.45) is 4.99 Å². The molecule has 0 unspecified atom stereocenters. The van der Waals surface area contributed by atoms with Gasteiger partial charge in [-0.1, -0.05) is 11.6 Å². The lowest BCUT2D eigenvalue weighted by atomic mass is 10.1. The Kier molecular flexibility index (Phi) is 2.97. The fourth-order valence-corrected chi connectivity index (χ4v) is 1.42. The van der Waals surface area contributed by atoms with Crippen molar-refractivity contribution in [3.63, 3.8) is 0 Å². The molecule has 1 heterocycles. The zero-order valence-electron chi connectivity index (χ0n) is 9.48. The van der Waals surface area contributed by atoms with Crippen LogP contribution in [0.15, 0.2) is 17.6 Å². The van der Waals surface area contributed by atoms with Crippen molar-refractivity contribution in [2.75, 3.05) is 0 Å². The van der Waals surface area contributed by atoms with Crippen molar-refractivity contribution in [1.82, 2.24) is 5.06 Å². The summed E-state index contributed by atoms with van der Waals surface area (Å²) in [6, 6.07) is 0. The van der Waals surface area contributed by atoms with Gasteiger partial charge in [-0.15, -0.1) is 5.06 Å². The fourth-order valence-electron chi connectivity index (χ4n) is 1.42. The second-order valence-electron chi connectivity index (χ2n) is 4.38. The number of carbonyl (C=O) groups is 1. The van der Waals surface area contributed by atoms with Crippen LogP contribution in [0.4, 0.5) is 0 Å². The Balaban J connectivity index is 2.68. The fraction of sp³-hybridized carbons (Fsp3) is 0.600. The molecule has 1 aliphatic heterocycles. The highest BCUT2D eigenvalue weighted by atomic mass is 17.3. The molecule has 1 aliphatic rings. The number of hydroxylamine groups is 2. The van der Waals surface area contributed by atoms with Crippen molar-refractivity contribution in [1.29, 1.82) is 0 Å². The molecule has 0 bridgehead atoms. The Labute approximate surface area is 89.3 Å². The minimum Gasteiger partial charge on any atom is -0.275 e. The zero-order valence-corrected chi connectivity index (χ0v) is 9.48. The smallest absolute Gasteiger partial charge is 0.275 e. The van der Waals surface area contributed by atoms with Crippen LogP contribution < -0.4 is 0 Å². The summed E-state index contributed by atoms with van der Waals surface area (Å²) < 4.78 is 0. The first-order chi connectivity index (χ1) is 6.79. The molecule has 0 atom stereocenters. The molecular weight excluding hydrogens is 196 g/mol. The Morgan fingerprint density at radius 2 is 2.07 bits per heavy atom. The molecule has 0 saturated carbocycles. The van der Waals surface area contributed by atoms with Crippen LogP contribution >= 0.6 is 0 Å². The Hall–Kier alpha value is -1.20. The molecule has 0 aromatic heterocycles. The molecule has 5 heteroatoms. The first-order valence-electron chi connectivity index (χ1n) is 4.67. The van der Waals surface area contributed by atoms with Crippen LogP contribution in [-0.2, 0) is 14.7 Å². The van der Waals surface area contributed by atoms with E-state index in [1.165, 1.54) is 5.06 Å². The molecule has 0 radical (unpaired) electrons. The lowest BCUT2D eigenvalue weighted by Crippen LogP contribution is -2.50. The Morgan fingerprint density at radius 1 is 1.47 bits per heavy atom. The van der Waals surface area contributed by atoms with Crippen LogP contribution in [0.25, 0.3) is 0 Å². The van der Waals surface area contributed by atoms with E-state index in [4.69, 9.17) is 4.99 Å². The number of hydrogen-bond donors (Lipinski definition) is 0. The van der Waals surface area contributed by atoms with Crippen molar-refractivity contribution >= 4 is 12.2 Å². The SMILES string of the molecule is C=CC(=O)OON1C(C)(C)C=NC1(C)C. The van der Waals surface area contributed by atoms with Gasteiger partial charge in [0.05, 0.1) is 5.54 Å². The Morgan fingerprint density at radius 3 is 2.47 bits per heavy atom. The number of rotatable bonds is 3. The molecule has 0 aromatic carbocycles. The predicted molar refractivity (Wildman–Crippen MR) is 55.9 cm³/mol. The second kappa shape index (κ2) is 3.75. The van der Waals surface area contributed by atoms with Gasteiger partial charge in [0.25, 0.3) is 0 Å². The zero-order chi connectivity index (χ0) is 11.7. The van der Waals surface area contributed by atoms with Crippen LogP contribution in [0.2, 0.25) is 0 Å².